The molecule has 82 valence electrons. The van der Waals surface area contributed by atoms with E-state index in [9.17, 15) is 9.59 Å². The predicted molar refractivity (Wildman–Crippen MR) is 52.2 cm³/mol. The lowest BCUT2D eigenvalue weighted by molar-refractivity contribution is -0.170. The first kappa shape index (κ1) is 13.4. The quantitative estimate of drug-likeness (QED) is 0.305. The van der Waals surface area contributed by atoms with E-state index in [0.29, 0.717) is 13.0 Å². The van der Waals surface area contributed by atoms with Crippen LogP contribution in [-0.4, -0.2) is 44.2 Å². The van der Waals surface area contributed by atoms with Gasteiger partial charge >= 0.3 is 11.9 Å². The number of ether oxygens (including phenoxy) is 3. The molecule has 0 radical (unpaired) electrons. The number of alkyl halides is 1. The molecule has 0 fully saturated rings. The average molecular weight is 271 g/mol. The normalized spacial score (nSPS) is 10.0. The summed E-state index contributed by atoms with van der Waals surface area (Å²) < 4.78 is 13.8. The number of hydrogen-bond acceptors (Lipinski definition) is 5. The zero-order chi connectivity index (χ0) is 11.0. The lowest BCUT2D eigenvalue weighted by atomic mass is 10.5. The van der Waals surface area contributed by atoms with E-state index in [1.54, 1.807) is 0 Å². The second kappa shape index (κ2) is 7.75. The molecule has 0 N–H and O–H groups in total. The Morgan fingerprint density at radius 1 is 1.21 bits per heavy atom. The van der Waals surface area contributed by atoms with Crippen LogP contribution in [-0.2, 0) is 23.8 Å². The third kappa shape index (κ3) is 4.57. The summed E-state index contributed by atoms with van der Waals surface area (Å²) in [6, 6.07) is 0. The fourth-order valence-corrected chi connectivity index (χ4v) is 0.931. The van der Waals surface area contributed by atoms with Gasteiger partial charge in [-0.3, -0.25) is 0 Å². The number of carbonyl (C=O) groups is 2. The fourth-order valence-electron chi connectivity index (χ4n) is 0.702. The molecular formula is C8H13BrO5. The van der Waals surface area contributed by atoms with Crippen LogP contribution in [0.15, 0.2) is 0 Å². The lowest BCUT2D eigenvalue weighted by Gasteiger charge is -2.12. The van der Waals surface area contributed by atoms with Gasteiger partial charge in [0.1, 0.15) is 0 Å². The first-order valence-electron chi connectivity index (χ1n) is 4.00. The maximum atomic E-state index is 11.0. The molecule has 0 atom stereocenters. The van der Waals surface area contributed by atoms with Crippen LogP contribution in [0.1, 0.15) is 6.42 Å². The van der Waals surface area contributed by atoms with E-state index in [1.807, 2.05) is 0 Å². The summed E-state index contributed by atoms with van der Waals surface area (Å²) in [6.07, 6.45) is -0.575. The molecule has 0 rings (SSSR count). The number of halogens is 1. The van der Waals surface area contributed by atoms with Crippen molar-refractivity contribution in [2.75, 3.05) is 26.2 Å². The minimum atomic E-state index is -1.27. The SMILES string of the molecule is COC(=O)[14CH](OCCCBr)C(=O)OC. The second-order valence-corrected chi connectivity index (χ2v) is 3.13. The number of carbonyl (C=O) groups excluding carboxylic acids is 2. The number of rotatable bonds is 6. The van der Waals surface area contributed by atoms with Gasteiger partial charge in [-0.05, 0) is 6.42 Å². The van der Waals surface area contributed by atoms with E-state index in [0.717, 1.165) is 5.33 Å². The van der Waals surface area contributed by atoms with Crippen molar-refractivity contribution in [1.29, 1.82) is 0 Å². The van der Waals surface area contributed by atoms with Crippen LogP contribution >= 0.6 is 15.9 Å². The van der Waals surface area contributed by atoms with Gasteiger partial charge in [-0.2, -0.15) is 0 Å². The molecule has 14 heavy (non-hydrogen) atoms. The lowest BCUT2D eigenvalue weighted by Crippen LogP contribution is -2.35. The third-order valence-electron chi connectivity index (χ3n) is 1.39. The zero-order valence-electron chi connectivity index (χ0n) is 8.12. The van der Waals surface area contributed by atoms with Crippen LogP contribution in [0.5, 0.6) is 0 Å². The van der Waals surface area contributed by atoms with Gasteiger partial charge in [-0.15, -0.1) is 0 Å². The summed E-state index contributed by atoms with van der Waals surface area (Å²) in [6.45, 7) is 0.292. The zero-order valence-corrected chi connectivity index (χ0v) is 9.70. The largest absolute Gasteiger partial charge is 0.467 e. The fraction of sp³-hybridized carbons (Fsp3) is 0.750. The van der Waals surface area contributed by atoms with Crippen molar-refractivity contribution < 1.29 is 23.8 Å². The van der Waals surface area contributed by atoms with Gasteiger partial charge in [0, 0.05) is 11.9 Å². The van der Waals surface area contributed by atoms with Gasteiger partial charge in [0.15, 0.2) is 0 Å². The highest BCUT2D eigenvalue weighted by atomic mass is 79.9. The van der Waals surface area contributed by atoms with Crippen LogP contribution < -0.4 is 0 Å². The van der Waals surface area contributed by atoms with Crippen LogP contribution in [0.25, 0.3) is 0 Å². The minimum absolute atomic E-state index is 0.292. The summed E-state index contributed by atoms with van der Waals surface area (Å²) in [5.74, 6) is -1.49. The highest BCUT2D eigenvalue weighted by Crippen LogP contribution is 2.00. The second-order valence-electron chi connectivity index (χ2n) is 2.34. The standard InChI is InChI=1S/C8H13BrO5/c1-12-7(10)6(8(11)13-2)14-5-3-4-9/h6H,3-5H2,1-2H3/i6+2. The predicted octanol–water partition coefficient (Wildman–Crippen LogP) is 0.503. The van der Waals surface area contributed by atoms with Crippen LogP contribution in [0.2, 0.25) is 0 Å². The average Bonchev–Trinajstić information content (AvgIpc) is 2.22. The van der Waals surface area contributed by atoms with Crippen molar-refractivity contribution in [3.8, 4) is 0 Å². The molecule has 0 aliphatic rings. The Balaban J connectivity index is 4.11. The number of hydrogen-bond donors (Lipinski definition) is 0. The highest BCUT2D eigenvalue weighted by molar-refractivity contribution is 9.09. The molecule has 5 nitrogen and oxygen atoms in total. The molecule has 0 unspecified atom stereocenters. The van der Waals surface area contributed by atoms with E-state index in [2.05, 4.69) is 25.4 Å². The molecule has 0 aliphatic heterocycles. The van der Waals surface area contributed by atoms with Crippen molar-refractivity contribution in [1.82, 2.24) is 0 Å². The van der Waals surface area contributed by atoms with Crippen molar-refractivity contribution in [3.63, 3.8) is 0 Å². The Morgan fingerprint density at radius 3 is 2.07 bits per heavy atom. The summed E-state index contributed by atoms with van der Waals surface area (Å²) in [5.41, 5.74) is 0. The van der Waals surface area contributed by atoms with Crippen molar-refractivity contribution in [2.45, 2.75) is 12.5 Å². The highest BCUT2D eigenvalue weighted by Gasteiger charge is 2.29. The summed E-state index contributed by atoms with van der Waals surface area (Å²) >= 11 is 3.20. The van der Waals surface area contributed by atoms with Crippen molar-refractivity contribution in [2.24, 2.45) is 0 Å². The maximum Gasteiger partial charge on any atom is 0.346 e. The van der Waals surface area contributed by atoms with Gasteiger partial charge in [-0.25, -0.2) is 9.59 Å². The Labute approximate surface area is 90.8 Å². The molecule has 6 heteroatoms. The van der Waals surface area contributed by atoms with Crippen LogP contribution in [0, 0.1) is 0 Å². The number of methoxy groups -OCH3 is 2. The molecule has 0 bridgehead atoms. The van der Waals surface area contributed by atoms with Gasteiger partial charge in [-0.1, -0.05) is 15.9 Å². The number of esters is 2. The van der Waals surface area contributed by atoms with E-state index in [4.69, 9.17) is 4.74 Å². The molecule has 0 aromatic heterocycles. The molecule has 0 saturated carbocycles. The Morgan fingerprint density at radius 2 is 1.71 bits per heavy atom. The molecule has 0 amide bonds. The smallest absolute Gasteiger partial charge is 0.346 e. The molecule has 0 spiro atoms. The molecule has 0 aromatic carbocycles. The van der Waals surface area contributed by atoms with Crippen molar-refractivity contribution in [3.05, 3.63) is 0 Å². The third-order valence-corrected chi connectivity index (χ3v) is 1.95. The Hall–Kier alpha value is -0.620. The summed E-state index contributed by atoms with van der Waals surface area (Å²) in [7, 11) is 2.37. The van der Waals surface area contributed by atoms with Crippen molar-refractivity contribution >= 4 is 27.9 Å². The molecular weight excluding hydrogens is 258 g/mol. The van der Waals surface area contributed by atoms with Crippen LogP contribution in [0.3, 0.4) is 0 Å². The monoisotopic (exact) mass is 270 g/mol. The van der Waals surface area contributed by atoms with E-state index >= 15 is 0 Å². The maximum absolute atomic E-state index is 11.0. The first-order valence-corrected chi connectivity index (χ1v) is 5.12. The van der Waals surface area contributed by atoms with E-state index in [1.165, 1.54) is 14.2 Å². The topological polar surface area (TPSA) is 61.8 Å². The van der Waals surface area contributed by atoms with E-state index < -0.39 is 18.0 Å². The molecule has 0 heterocycles. The molecule has 0 saturated heterocycles. The van der Waals surface area contributed by atoms with Crippen LogP contribution in [0.4, 0.5) is 0 Å². The molecule has 0 aliphatic carbocycles. The minimum Gasteiger partial charge on any atom is -0.467 e. The van der Waals surface area contributed by atoms with Gasteiger partial charge < -0.3 is 14.2 Å². The summed E-state index contributed by atoms with van der Waals surface area (Å²) in [4.78, 5) is 22.1. The van der Waals surface area contributed by atoms with Gasteiger partial charge in [0.05, 0.1) is 14.2 Å². The van der Waals surface area contributed by atoms with E-state index in [-0.39, 0.29) is 0 Å². The Kier molecular flexibility index (Phi) is 7.41. The summed E-state index contributed by atoms with van der Waals surface area (Å²) in [5, 5.41) is 0.738. The first-order chi connectivity index (χ1) is 6.67. The molecule has 0 aromatic rings. The van der Waals surface area contributed by atoms with Gasteiger partial charge in [0.25, 0.3) is 6.10 Å². The Bertz CT molecular complexity index is 178. The van der Waals surface area contributed by atoms with Gasteiger partial charge in [0.2, 0.25) is 0 Å².